The molecule has 1 N–H and O–H groups in total. The molecular weight excluding hydrogens is 224 g/mol. The van der Waals surface area contributed by atoms with Crippen LogP contribution in [-0.2, 0) is 0 Å². The Morgan fingerprint density at radius 2 is 2.17 bits per heavy atom. The van der Waals surface area contributed by atoms with Crippen LogP contribution < -0.4 is 15.0 Å². The predicted molar refractivity (Wildman–Crippen MR) is 76.5 cm³/mol. The van der Waals surface area contributed by atoms with Crippen molar-refractivity contribution in [3.8, 4) is 5.75 Å². The Morgan fingerprint density at radius 1 is 1.39 bits per heavy atom. The second-order valence-electron chi connectivity index (χ2n) is 5.95. The molecule has 0 aromatic heterocycles. The third-order valence-electron chi connectivity index (χ3n) is 3.47. The van der Waals surface area contributed by atoms with Crippen molar-refractivity contribution in [2.24, 2.45) is 5.92 Å². The van der Waals surface area contributed by atoms with Crippen LogP contribution >= 0.6 is 0 Å². The first-order valence-electron chi connectivity index (χ1n) is 6.64. The fraction of sp³-hybridized carbons (Fsp3) is 0.600. The van der Waals surface area contributed by atoms with E-state index in [4.69, 9.17) is 4.74 Å². The molecule has 1 fully saturated rings. The first-order chi connectivity index (χ1) is 8.50. The van der Waals surface area contributed by atoms with Gasteiger partial charge in [0.1, 0.15) is 5.75 Å². The van der Waals surface area contributed by atoms with Crippen LogP contribution in [0.15, 0.2) is 24.3 Å². The Kier molecular flexibility index (Phi) is 3.81. The third kappa shape index (κ3) is 3.16. The van der Waals surface area contributed by atoms with E-state index in [1.54, 1.807) is 7.11 Å². The van der Waals surface area contributed by atoms with Crippen LogP contribution in [0.3, 0.4) is 0 Å². The lowest BCUT2D eigenvalue weighted by molar-refractivity contribution is 0.401. The van der Waals surface area contributed by atoms with Crippen LogP contribution in [-0.4, -0.2) is 32.3 Å². The summed E-state index contributed by atoms with van der Waals surface area (Å²) < 4.78 is 5.31. The molecule has 1 heterocycles. The van der Waals surface area contributed by atoms with E-state index < -0.39 is 0 Å². The van der Waals surface area contributed by atoms with E-state index >= 15 is 0 Å². The van der Waals surface area contributed by atoms with Crippen LogP contribution in [0.4, 0.5) is 5.69 Å². The van der Waals surface area contributed by atoms with Crippen molar-refractivity contribution in [2.45, 2.75) is 26.3 Å². The zero-order valence-corrected chi connectivity index (χ0v) is 11.9. The maximum Gasteiger partial charge on any atom is 0.120 e. The number of anilines is 1. The van der Waals surface area contributed by atoms with E-state index in [-0.39, 0.29) is 5.54 Å². The largest absolute Gasteiger partial charge is 0.497 e. The molecule has 0 aliphatic carbocycles. The summed E-state index contributed by atoms with van der Waals surface area (Å²) >= 11 is 0. The highest BCUT2D eigenvalue weighted by molar-refractivity contribution is 5.51. The van der Waals surface area contributed by atoms with E-state index in [1.165, 1.54) is 5.69 Å². The highest BCUT2D eigenvalue weighted by atomic mass is 16.5. The van der Waals surface area contributed by atoms with E-state index in [2.05, 4.69) is 49.2 Å². The van der Waals surface area contributed by atoms with Gasteiger partial charge in [-0.25, -0.2) is 0 Å². The van der Waals surface area contributed by atoms with E-state index in [0.29, 0.717) is 5.92 Å². The van der Waals surface area contributed by atoms with Crippen LogP contribution in [0.2, 0.25) is 0 Å². The molecule has 0 radical (unpaired) electrons. The molecule has 0 amide bonds. The van der Waals surface area contributed by atoms with Crippen molar-refractivity contribution in [3.63, 3.8) is 0 Å². The van der Waals surface area contributed by atoms with Crippen molar-refractivity contribution in [3.05, 3.63) is 24.3 Å². The average Bonchev–Trinajstić information content (AvgIpc) is 2.48. The average molecular weight is 248 g/mol. The molecule has 0 bridgehead atoms. The van der Waals surface area contributed by atoms with Gasteiger partial charge in [-0.05, 0) is 38.4 Å². The Hall–Kier alpha value is -1.22. The number of hydrogen-bond donors (Lipinski definition) is 1. The van der Waals surface area contributed by atoms with Gasteiger partial charge in [-0.15, -0.1) is 0 Å². The molecule has 1 aliphatic rings. The number of rotatable bonds is 2. The Labute approximate surface area is 110 Å². The van der Waals surface area contributed by atoms with Gasteiger partial charge in [0.15, 0.2) is 0 Å². The molecule has 0 saturated carbocycles. The molecule has 0 spiro atoms. The highest BCUT2D eigenvalue weighted by Crippen LogP contribution is 2.25. The number of nitrogens with zero attached hydrogens (tertiary/aromatic N) is 1. The zero-order chi connectivity index (χ0) is 13.2. The van der Waals surface area contributed by atoms with Gasteiger partial charge in [0.2, 0.25) is 0 Å². The second kappa shape index (κ2) is 5.19. The smallest absolute Gasteiger partial charge is 0.120 e. The lowest BCUT2D eigenvalue weighted by atomic mass is 10.1. The minimum Gasteiger partial charge on any atom is -0.497 e. The second-order valence-corrected chi connectivity index (χ2v) is 5.95. The quantitative estimate of drug-likeness (QED) is 0.870. The highest BCUT2D eigenvalue weighted by Gasteiger charge is 2.27. The lowest BCUT2D eigenvalue weighted by Gasteiger charge is -2.31. The monoisotopic (exact) mass is 248 g/mol. The van der Waals surface area contributed by atoms with Gasteiger partial charge in [0, 0.05) is 30.4 Å². The Morgan fingerprint density at radius 3 is 2.89 bits per heavy atom. The van der Waals surface area contributed by atoms with Gasteiger partial charge < -0.3 is 15.0 Å². The fourth-order valence-electron chi connectivity index (χ4n) is 2.49. The van der Waals surface area contributed by atoms with Crippen molar-refractivity contribution < 1.29 is 4.74 Å². The van der Waals surface area contributed by atoms with Gasteiger partial charge >= 0.3 is 0 Å². The van der Waals surface area contributed by atoms with Gasteiger partial charge in [-0.2, -0.15) is 0 Å². The topological polar surface area (TPSA) is 24.5 Å². The number of methoxy groups -OCH3 is 1. The van der Waals surface area contributed by atoms with Crippen LogP contribution in [0.5, 0.6) is 5.75 Å². The van der Waals surface area contributed by atoms with Gasteiger partial charge in [0.25, 0.3) is 0 Å². The minimum atomic E-state index is 0.147. The fourth-order valence-corrected chi connectivity index (χ4v) is 2.49. The Balaban J connectivity index is 2.23. The maximum absolute atomic E-state index is 5.31. The molecule has 18 heavy (non-hydrogen) atoms. The summed E-state index contributed by atoms with van der Waals surface area (Å²) in [5, 5.41) is 3.63. The minimum absolute atomic E-state index is 0.147. The molecule has 1 aromatic carbocycles. The lowest BCUT2D eigenvalue weighted by Crippen LogP contribution is -2.46. The molecule has 1 atom stereocenters. The molecule has 1 aromatic rings. The molecule has 100 valence electrons. The number of hydrogen-bond acceptors (Lipinski definition) is 3. The first-order valence-corrected chi connectivity index (χ1v) is 6.64. The molecule has 2 rings (SSSR count). The maximum atomic E-state index is 5.31. The van der Waals surface area contributed by atoms with Crippen molar-refractivity contribution in [2.75, 3.05) is 31.6 Å². The van der Waals surface area contributed by atoms with Crippen molar-refractivity contribution in [1.82, 2.24) is 5.32 Å². The van der Waals surface area contributed by atoms with Gasteiger partial charge in [-0.3, -0.25) is 0 Å². The first kappa shape index (κ1) is 13.2. The van der Waals surface area contributed by atoms with Crippen LogP contribution in [0, 0.1) is 5.92 Å². The van der Waals surface area contributed by atoms with E-state index in [1.807, 2.05) is 6.07 Å². The summed E-state index contributed by atoms with van der Waals surface area (Å²) in [5.74, 6) is 1.58. The van der Waals surface area contributed by atoms with Gasteiger partial charge in [-0.1, -0.05) is 13.0 Å². The van der Waals surface area contributed by atoms with E-state index in [0.717, 1.165) is 25.4 Å². The number of nitrogens with one attached hydrogen (secondary N) is 1. The molecule has 1 saturated heterocycles. The van der Waals surface area contributed by atoms with Gasteiger partial charge in [0.05, 0.1) is 7.11 Å². The molecule has 1 unspecified atom stereocenters. The van der Waals surface area contributed by atoms with Crippen LogP contribution in [0.1, 0.15) is 20.8 Å². The van der Waals surface area contributed by atoms with Crippen molar-refractivity contribution in [1.29, 1.82) is 0 Å². The molecular formula is C15H24N2O. The SMILES string of the molecule is COc1cccc(N2CC(C)CNC(C)(C)C2)c1. The summed E-state index contributed by atoms with van der Waals surface area (Å²) in [6, 6.07) is 8.34. The normalized spacial score (nSPS) is 23.6. The summed E-state index contributed by atoms with van der Waals surface area (Å²) in [6.07, 6.45) is 0. The molecule has 3 heteroatoms. The molecule has 1 aliphatic heterocycles. The van der Waals surface area contributed by atoms with Crippen LogP contribution in [0.25, 0.3) is 0 Å². The zero-order valence-electron chi connectivity index (χ0n) is 11.9. The number of ether oxygens (including phenoxy) is 1. The summed E-state index contributed by atoms with van der Waals surface area (Å²) in [4.78, 5) is 2.45. The van der Waals surface area contributed by atoms with Crippen molar-refractivity contribution >= 4 is 5.69 Å². The predicted octanol–water partition coefficient (Wildman–Crippen LogP) is 2.52. The Bertz CT molecular complexity index is 403. The number of benzene rings is 1. The molecule has 3 nitrogen and oxygen atoms in total. The van der Waals surface area contributed by atoms with E-state index in [9.17, 15) is 0 Å². The summed E-state index contributed by atoms with van der Waals surface area (Å²) in [6.45, 7) is 10.00. The summed E-state index contributed by atoms with van der Waals surface area (Å²) in [5.41, 5.74) is 1.39. The third-order valence-corrected chi connectivity index (χ3v) is 3.47. The summed E-state index contributed by atoms with van der Waals surface area (Å²) in [7, 11) is 1.72. The standard InChI is InChI=1S/C15H24N2O/c1-12-9-16-15(2,3)11-17(10-12)13-6-5-7-14(8-13)18-4/h5-8,12,16H,9-11H2,1-4H3.